The van der Waals surface area contributed by atoms with E-state index in [0.29, 0.717) is 28.7 Å². The number of benzene rings is 1. The van der Waals surface area contributed by atoms with Gasteiger partial charge in [0.05, 0.1) is 28.0 Å². The molecule has 0 aliphatic rings. The molecule has 0 N–H and O–H groups in total. The summed E-state index contributed by atoms with van der Waals surface area (Å²) in [6, 6.07) is 6.81. The standard InChI is InChI=1S/C22H23N3O3/c1-6-9-25-13(2)10-18(16(25)5)21(26)12-28-22(27)17-7-8-19-20(11-17)24-15(4)14(3)23-19/h6-8,10-11H,1,9,12H2,2-5H3. The summed E-state index contributed by atoms with van der Waals surface area (Å²) in [4.78, 5) is 33.8. The highest BCUT2D eigenvalue weighted by molar-refractivity contribution is 6.01. The van der Waals surface area contributed by atoms with Crippen LogP contribution in [0.3, 0.4) is 0 Å². The number of ether oxygens (including phenoxy) is 1. The van der Waals surface area contributed by atoms with E-state index in [1.54, 1.807) is 24.3 Å². The molecule has 0 fully saturated rings. The molecule has 0 radical (unpaired) electrons. The van der Waals surface area contributed by atoms with E-state index in [2.05, 4.69) is 16.5 Å². The summed E-state index contributed by atoms with van der Waals surface area (Å²) in [5, 5.41) is 0. The lowest BCUT2D eigenvalue weighted by atomic mass is 10.1. The topological polar surface area (TPSA) is 74.1 Å². The summed E-state index contributed by atoms with van der Waals surface area (Å²) >= 11 is 0. The number of Topliss-reactive ketones (excluding diaryl/α,β-unsaturated/α-hetero) is 1. The molecule has 0 aliphatic carbocycles. The Kier molecular flexibility index (Phi) is 5.40. The van der Waals surface area contributed by atoms with Crippen molar-refractivity contribution in [2.24, 2.45) is 0 Å². The Morgan fingerprint density at radius 2 is 1.75 bits per heavy atom. The molecular formula is C22H23N3O3. The van der Waals surface area contributed by atoms with E-state index in [4.69, 9.17) is 4.74 Å². The summed E-state index contributed by atoms with van der Waals surface area (Å²) < 4.78 is 7.24. The Morgan fingerprint density at radius 1 is 1.07 bits per heavy atom. The lowest BCUT2D eigenvalue weighted by Crippen LogP contribution is -2.15. The number of allylic oxidation sites excluding steroid dienone is 1. The first-order valence-electron chi connectivity index (χ1n) is 9.04. The van der Waals surface area contributed by atoms with Crippen LogP contribution in [0.2, 0.25) is 0 Å². The Bertz CT molecular complexity index is 1100. The molecule has 3 aromatic rings. The van der Waals surface area contributed by atoms with Crippen LogP contribution in [0, 0.1) is 27.7 Å². The molecule has 3 rings (SSSR count). The Labute approximate surface area is 163 Å². The second kappa shape index (κ2) is 7.76. The number of carbonyl (C=O) groups is 2. The molecular weight excluding hydrogens is 354 g/mol. The van der Waals surface area contributed by atoms with Crippen LogP contribution in [-0.4, -0.2) is 32.9 Å². The number of aryl methyl sites for hydroxylation is 3. The number of aromatic nitrogens is 3. The quantitative estimate of drug-likeness (QED) is 0.370. The Hall–Kier alpha value is -3.28. The molecule has 0 saturated carbocycles. The van der Waals surface area contributed by atoms with Crippen LogP contribution in [0.15, 0.2) is 36.9 Å². The third-order valence-electron chi connectivity index (χ3n) is 4.83. The van der Waals surface area contributed by atoms with Crippen molar-refractivity contribution >= 4 is 22.8 Å². The van der Waals surface area contributed by atoms with Crippen LogP contribution in [-0.2, 0) is 11.3 Å². The molecule has 0 atom stereocenters. The van der Waals surface area contributed by atoms with Gasteiger partial charge >= 0.3 is 5.97 Å². The summed E-state index contributed by atoms with van der Waals surface area (Å²) in [5.74, 6) is -0.793. The van der Waals surface area contributed by atoms with Gasteiger partial charge in [-0.1, -0.05) is 6.08 Å². The molecule has 0 bridgehead atoms. The largest absolute Gasteiger partial charge is 0.454 e. The maximum Gasteiger partial charge on any atom is 0.338 e. The SMILES string of the molecule is C=CCn1c(C)cc(C(=O)COC(=O)c2ccc3nc(C)c(C)nc3c2)c1C. The van der Waals surface area contributed by atoms with Gasteiger partial charge in [-0.15, -0.1) is 6.58 Å². The van der Waals surface area contributed by atoms with Gasteiger partial charge < -0.3 is 9.30 Å². The molecule has 1 aromatic carbocycles. The van der Waals surface area contributed by atoms with Crippen LogP contribution in [0.1, 0.15) is 43.5 Å². The van der Waals surface area contributed by atoms with Gasteiger partial charge in [-0.3, -0.25) is 4.79 Å². The second-order valence-electron chi connectivity index (χ2n) is 6.78. The Balaban J connectivity index is 1.74. The zero-order valence-corrected chi connectivity index (χ0v) is 16.6. The van der Waals surface area contributed by atoms with Gasteiger partial charge in [0.2, 0.25) is 5.78 Å². The molecule has 6 heteroatoms. The fourth-order valence-electron chi connectivity index (χ4n) is 3.14. The van der Waals surface area contributed by atoms with E-state index in [0.717, 1.165) is 22.8 Å². The summed E-state index contributed by atoms with van der Waals surface area (Å²) in [6.07, 6.45) is 1.78. The highest BCUT2D eigenvalue weighted by Crippen LogP contribution is 2.18. The summed E-state index contributed by atoms with van der Waals surface area (Å²) in [7, 11) is 0. The number of carbonyl (C=O) groups excluding carboxylic acids is 2. The van der Waals surface area contributed by atoms with E-state index in [9.17, 15) is 9.59 Å². The van der Waals surface area contributed by atoms with Gasteiger partial charge in [-0.2, -0.15) is 0 Å². The number of ketones is 1. The molecule has 28 heavy (non-hydrogen) atoms. The maximum atomic E-state index is 12.5. The van der Waals surface area contributed by atoms with E-state index in [1.165, 1.54) is 0 Å². The van der Waals surface area contributed by atoms with Crippen molar-refractivity contribution in [1.82, 2.24) is 14.5 Å². The van der Waals surface area contributed by atoms with Crippen LogP contribution in [0.5, 0.6) is 0 Å². The number of fused-ring (bicyclic) bond motifs is 1. The van der Waals surface area contributed by atoms with Gasteiger partial charge in [-0.25, -0.2) is 14.8 Å². The minimum absolute atomic E-state index is 0.233. The lowest BCUT2D eigenvalue weighted by molar-refractivity contribution is 0.0474. The van der Waals surface area contributed by atoms with Crippen molar-refractivity contribution in [1.29, 1.82) is 0 Å². The third-order valence-corrected chi connectivity index (χ3v) is 4.83. The van der Waals surface area contributed by atoms with Crippen LogP contribution in [0.4, 0.5) is 0 Å². The van der Waals surface area contributed by atoms with Crippen LogP contribution < -0.4 is 0 Å². The van der Waals surface area contributed by atoms with Crippen LogP contribution in [0.25, 0.3) is 11.0 Å². The van der Waals surface area contributed by atoms with Crippen molar-refractivity contribution in [3.05, 3.63) is 70.8 Å². The highest BCUT2D eigenvalue weighted by Gasteiger charge is 2.18. The molecule has 0 saturated heterocycles. The molecule has 0 unspecified atom stereocenters. The number of rotatable bonds is 6. The molecule has 0 aliphatic heterocycles. The van der Waals surface area contributed by atoms with E-state index >= 15 is 0 Å². The fourth-order valence-corrected chi connectivity index (χ4v) is 3.14. The number of hydrogen-bond acceptors (Lipinski definition) is 5. The van der Waals surface area contributed by atoms with E-state index < -0.39 is 5.97 Å². The van der Waals surface area contributed by atoms with E-state index in [1.807, 2.05) is 38.3 Å². The van der Waals surface area contributed by atoms with Gasteiger partial charge in [-0.05, 0) is 52.0 Å². The molecule has 144 valence electrons. The van der Waals surface area contributed by atoms with Crippen molar-refractivity contribution in [2.75, 3.05) is 6.61 Å². The number of hydrogen-bond donors (Lipinski definition) is 0. The van der Waals surface area contributed by atoms with Crippen molar-refractivity contribution in [3.63, 3.8) is 0 Å². The number of esters is 1. The van der Waals surface area contributed by atoms with Crippen molar-refractivity contribution < 1.29 is 14.3 Å². The average Bonchev–Trinajstić information content (AvgIpc) is 2.95. The minimum atomic E-state index is -0.560. The Morgan fingerprint density at radius 3 is 2.43 bits per heavy atom. The second-order valence-corrected chi connectivity index (χ2v) is 6.78. The lowest BCUT2D eigenvalue weighted by Gasteiger charge is -2.08. The molecule has 0 spiro atoms. The minimum Gasteiger partial charge on any atom is -0.454 e. The van der Waals surface area contributed by atoms with E-state index in [-0.39, 0.29) is 12.4 Å². The monoisotopic (exact) mass is 377 g/mol. The normalized spacial score (nSPS) is 10.9. The summed E-state index contributed by atoms with van der Waals surface area (Å²) in [6.45, 7) is 11.6. The van der Waals surface area contributed by atoms with Crippen LogP contribution >= 0.6 is 0 Å². The average molecular weight is 377 g/mol. The van der Waals surface area contributed by atoms with Gasteiger partial charge in [0, 0.05) is 23.5 Å². The van der Waals surface area contributed by atoms with Crippen molar-refractivity contribution in [2.45, 2.75) is 34.2 Å². The van der Waals surface area contributed by atoms with Gasteiger partial charge in [0.25, 0.3) is 0 Å². The maximum absolute atomic E-state index is 12.5. The fraction of sp³-hybridized carbons (Fsp3) is 0.273. The first-order chi connectivity index (χ1) is 13.3. The molecule has 2 heterocycles. The van der Waals surface area contributed by atoms with Gasteiger partial charge in [0.1, 0.15) is 0 Å². The third kappa shape index (κ3) is 3.71. The predicted octanol–water partition coefficient (Wildman–Crippen LogP) is 3.89. The number of nitrogens with zero attached hydrogens (tertiary/aromatic N) is 3. The van der Waals surface area contributed by atoms with Gasteiger partial charge in [0.15, 0.2) is 6.61 Å². The first-order valence-corrected chi connectivity index (χ1v) is 9.04. The smallest absolute Gasteiger partial charge is 0.338 e. The molecule has 0 amide bonds. The first kappa shape index (κ1) is 19.5. The zero-order chi connectivity index (χ0) is 20.4. The predicted molar refractivity (Wildman–Crippen MR) is 108 cm³/mol. The molecule has 6 nitrogen and oxygen atoms in total. The molecule has 2 aromatic heterocycles. The summed E-state index contributed by atoms with van der Waals surface area (Å²) in [5.41, 5.74) is 5.70. The zero-order valence-electron chi connectivity index (χ0n) is 16.6. The highest BCUT2D eigenvalue weighted by atomic mass is 16.5. The van der Waals surface area contributed by atoms with Crippen molar-refractivity contribution in [3.8, 4) is 0 Å².